The lowest BCUT2D eigenvalue weighted by molar-refractivity contribution is -0.123. The van der Waals surface area contributed by atoms with E-state index in [4.69, 9.17) is 4.74 Å². The molecule has 2 aliphatic rings. The molecule has 0 N–H and O–H groups in total. The molecule has 0 unspecified atom stereocenters. The van der Waals surface area contributed by atoms with Crippen molar-refractivity contribution >= 4 is 27.7 Å². The number of likely N-dealkylation sites (tertiary alicyclic amines) is 1. The van der Waals surface area contributed by atoms with Crippen LogP contribution >= 0.6 is 15.9 Å². The van der Waals surface area contributed by atoms with E-state index in [2.05, 4.69) is 37.9 Å². The molecule has 2 aromatic rings. The fourth-order valence-electron chi connectivity index (χ4n) is 5.09. The van der Waals surface area contributed by atoms with Gasteiger partial charge in [0.05, 0.1) is 11.6 Å². The molecule has 1 aliphatic carbocycles. The smallest absolute Gasteiger partial charge is 0.231 e. The van der Waals surface area contributed by atoms with Crippen molar-refractivity contribution < 1.29 is 9.53 Å². The number of carbonyl (C=O) groups is 1. The van der Waals surface area contributed by atoms with E-state index in [0.717, 1.165) is 61.4 Å². The fraction of sp³-hybridized carbons (Fsp3) is 0.538. The molecule has 32 heavy (non-hydrogen) atoms. The Labute approximate surface area is 200 Å². The van der Waals surface area contributed by atoms with Gasteiger partial charge in [-0.05, 0) is 90.4 Å². The van der Waals surface area contributed by atoms with Gasteiger partial charge in [-0.15, -0.1) is 0 Å². The third-order valence-corrected chi connectivity index (χ3v) is 7.64. The van der Waals surface area contributed by atoms with Crippen LogP contribution in [-0.2, 0) is 4.79 Å². The molecule has 0 spiro atoms. The Kier molecular flexibility index (Phi) is 8.20. The Bertz CT molecular complexity index is 878. The van der Waals surface area contributed by atoms with Crippen molar-refractivity contribution in [1.29, 1.82) is 0 Å². The minimum Gasteiger partial charge on any atom is -0.496 e. The number of hydrogen-bond donors (Lipinski definition) is 0. The number of rotatable bonds is 7. The van der Waals surface area contributed by atoms with Crippen LogP contribution in [0.25, 0.3) is 0 Å². The minimum absolute atomic E-state index is 0.157. The molecule has 0 radical (unpaired) electrons. The summed E-state index contributed by atoms with van der Waals surface area (Å²) in [4.78, 5) is 22.3. The molecule has 0 bridgehead atoms. The third kappa shape index (κ3) is 5.70. The first-order valence-corrected chi connectivity index (χ1v) is 12.7. The number of halogens is 1. The first-order chi connectivity index (χ1) is 15.7. The fourth-order valence-corrected chi connectivity index (χ4v) is 5.65. The van der Waals surface area contributed by atoms with Gasteiger partial charge in [-0.25, -0.2) is 4.98 Å². The summed E-state index contributed by atoms with van der Waals surface area (Å²) in [6, 6.07) is 12.3. The van der Waals surface area contributed by atoms with E-state index in [1.54, 1.807) is 13.3 Å². The Morgan fingerprint density at radius 2 is 1.91 bits per heavy atom. The maximum absolute atomic E-state index is 13.3. The van der Waals surface area contributed by atoms with Crippen LogP contribution in [0, 0.1) is 5.92 Å². The molecule has 4 rings (SSSR count). The molecule has 5 nitrogen and oxygen atoms in total. The van der Waals surface area contributed by atoms with Crippen molar-refractivity contribution in [3.05, 3.63) is 52.6 Å². The molecule has 6 heteroatoms. The lowest BCUT2D eigenvalue weighted by Crippen LogP contribution is -2.44. The van der Waals surface area contributed by atoms with Crippen LogP contribution in [0.5, 0.6) is 5.75 Å². The monoisotopic (exact) mass is 499 g/mol. The summed E-state index contributed by atoms with van der Waals surface area (Å²) in [5.74, 6) is 2.67. The average molecular weight is 500 g/mol. The predicted octanol–water partition coefficient (Wildman–Crippen LogP) is 5.65. The van der Waals surface area contributed by atoms with Gasteiger partial charge in [0.2, 0.25) is 5.91 Å². The highest BCUT2D eigenvalue weighted by Crippen LogP contribution is 2.33. The number of piperidine rings is 1. The second-order valence-corrected chi connectivity index (χ2v) is 9.88. The van der Waals surface area contributed by atoms with Gasteiger partial charge in [-0.3, -0.25) is 9.69 Å². The molecular weight excluding hydrogens is 466 g/mol. The minimum atomic E-state index is 0.157. The molecule has 1 saturated carbocycles. The SMILES string of the molecule is COc1ccc(C2CCN(CCN(C(=O)C3CCCCC3)c3ccccn3)CC2)cc1Br. The summed E-state index contributed by atoms with van der Waals surface area (Å²) in [7, 11) is 1.70. The van der Waals surface area contributed by atoms with Crippen molar-refractivity contribution in [1.82, 2.24) is 9.88 Å². The third-order valence-electron chi connectivity index (χ3n) is 7.02. The van der Waals surface area contributed by atoms with Crippen molar-refractivity contribution in [2.75, 3.05) is 38.2 Å². The van der Waals surface area contributed by atoms with E-state index in [0.29, 0.717) is 12.5 Å². The van der Waals surface area contributed by atoms with Crippen LogP contribution in [0.15, 0.2) is 47.1 Å². The Balaban J connectivity index is 1.34. The number of amides is 1. The molecule has 1 aromatic heterocycles. The zero-order chi connectivity index (χ0) is 22.3. The Morgan fingerprint density at radius 1 is 1.12 bits per heavy atom. The van der Waals surface area contributed by atoms with Crippen LogP contribution < -0.4 is 9.64 Å². The second-order valence-electron chi connectivity index (χ2n) is 9.02. The van der Waals surface area contributed by atoms with Gasteiger partial charge in [0.25, 0.3) is 0 Å². The normalized spacial score (nSPS) is 18.4. The molecule has 1 amide bonds. The topological polar surface area (TPSA) is 45.7 Å². The Hall–Kier alpha value is -1.92. The second kappa shape index (κ2) is 11.3. The lowest BCUT2D eigenvalue weighted by Gasteiger charge is -2.35. The van der Waals surface area contributed by atoms with E-state index >= 15 is 0 Å². The molecule has 172 valence electrons. The van der Waals surface area contributed by atoms with Crippen molar-refractivity contribution in [2.24, 2.45) is 5.92 Å². The van der Waals surface area contributed by atoms with Gasteiger partial charge in [0, 0.05) is 25.2 Å². The highest BCUT2D eigenvalue weighted by Gasteiger charge is 2.28. The number of anilines is 1. The predicted molar refractivity (Wildman–Crippen MR) is 132 cm³/mol. The van der Waals surface area contributed by atoms with E-state index in [1.165, 1.54) is 24.8 Å². The van der Waals surface area contributed by atoms with Crippen LogP contribution in [0.4, 0.5) is 5.82 Å². The number of carbonyl (C=O) groups excluding carboxylic acids is 1. The van der Waals surface area contributed by atoms with Crippen LogP contribution in [0.1, 0.15) is 56.4 Å². The van der Waals surface area contributed by atoms with Gasteiger partial charge in [-0.1, -0.05) is 31.4 Å². The number of hydrogen-bond acceptors (Lipinski definition) is 4. The summed E-state index contributed by atoms with van der Waals surface area (Å²) in [5, 5.41) is 0. The quantitative estimate of drug-likeness (QED) is 0.493. The van der Waals surface area contributed by atoms with Gasteiger partial charge in [0.1, 0.15) is 11.6 Å². The molecule has 1 saturated heterocycles. The zero-order valence-electron chi connectivity index (χ0n) is 19.0. The van der Waals surface area contributed by atoms with Gasteiger partial charge in [0.15, 0.2) is 0 Å². The summed E-state index contributed by atoms with van der Waals surface area (Å²) < 4.78 is 6.39. The first-order valence-electron chi connectivity index (χ1n) is 11.9. The Morgan fingerprint density at radius 3 is 2.56 bits per heavy atom. The van der Waals surface area contributed by atoms with Crippen LogP contribution in [-0.4, -0.2) is 49.1 Å². The summed E-state index contributed by atoms with van der Waals surface area (Å²) in [6.07, 6.45) is 9.69. The maximum atomic E-state index is 13.3. The highest BCUT2D eigenvalue weighted by molar-refractivity contribution is 9.10. The number of aromatic nitrogens is 1. The average Bonchev–Trinajstić information content (AvgIpc) is 2.85. The number of methoxy groups -OCH3 is 1. The highest BCUT2D eigenvalue weighted by atomic mass is 79.9. The molecule has 0 atom stereocenters. The number of nitrogens with zero attached hydrogens (tertiary/aromatic N) is 3. The lowest BCUT2D eigenvalue weighted by atomic mass is 9.88. The van der Waals surface area contributed by atoms with Gasteiger partial charge in [-0.2, -0.15) is 0 Å². The van der Waals surface area contributed by atoms with Crippen molar-refractivity contribution in [2.45, 2.75) is 50.9 Å². The van der Waals surface area contributed by atoms with Gasteiger partial charge >= 0.3 is 0 Å². The van der Waals surface area contributed by atoms with Crippen molar-refractivity contribution in [3.63, 3.8) is 0 Å². The molecule has 1 aliphatic heterocycles. The zero-order valence-corrected chi connectivity index (χ0v) is 20.6. The summed E-state index contributed by atoms with van der Waals surface area (Å²) in [6.45, 7) is 3.73. The van der Waals surface area contributed by atoms with E-state index in [1.807, 2.05) is 29.2 Å². The van der Waals surface area contributed by atoms with E-state index in [-0.39, 0.29) is 11.8 Å². The largest absolute Gasteiger partial charge is 0.496 e. The van der Waals surface area contributed by atoms with E-state index in [9.17, 15) is 4.79 Å². The van der Waals surface area contributed by atoms with Crippen LogP contribution in [0.3, 0.4) is 0 Å². The molecule has 2 heterocycles. The molecule has 2 fully saturated rings. The van der Waals surface area contributed by atoms with Gasteiger partial charge < -0.3 is 9.64 Å². The summed E-state index contributed by atoms with van der Waals surface area (Å²) >= 11 is 3.62. The number of ether oxygens (including phenoxy) is 1. The standard InChI is InChI=1S/C26H34BrN3O2/c1-32-24-11-10-22(19-23(24)27)20-12-15-29(16-13-20)17-18-30(25-9-5-6-14-28-25)26(31)21-7-3-2-4-8-21/h5-6,9-11,14,19-21H,2-4,7-8,12-13,15-18H2,1H3. The van der Waals surface area contributed by atoms with E-state index < -0.39 is 0 Å². The maximum Gasteiger partial charge on any atom is 0.231 e. The number of pyridine rings is 1. The van der Waals surface area contributed by atoms with Crippen LogP contribution in [0.2, 0.25) is 0 Å². The first kappa shape index (κ1) is 23.2. The number of benzene rings is 1. The van der Waals surface area contributed by atoms with Crippen molar-refractivity contribution in [3.8, 4) is 5.75 Å². The molecule has 1 aromatic carbocycles. The molecular formula is C26H34BrN3O2. The summed E-state index contributed by atoms with van der Waals surface area (Å²) in [5.41, 5.74) is 1.37.